The molecule has 2 bridgehead atoms. The van der Waals surface area contributed by atoms with Crippen molar-refractivity contribution < 1.29 is 4.79 Å². The van der Waals surface area contributed by atoms with Crippen molar-refractivity contribution >= 4 is 5.78 Å². The Morgan fingerprint density at radius 2 is 2.00 bits per heavy atom. The fourth-order valence-corrected chi connectivity index (χ4v) is 3.77. The Hall–Kier alpha value is -0.590. The lowest BCUT2D eigenvalue weighted by Crippen LogP contribution is -2.39. The molecule has 0 amide bonds. The zero-order valence-electron chi connectivity index (χ0n) is 7.96. The van der Waals surface area contributed by atoms with Gasteiger partial charge in [-0.05, 0) is 42.6 Å². The summed E-state index contributed by atoms with van der Waals surface area (Å²) >= 11 is 0. The van der Waals surface area contributed by atoms with Crippen LogP contribution in [-0.4, -0.2) is 5.78 Å². The molecular weight excluding hydrogens is 160 g/mol. The molecule has 4 rings (SSSR count). The summed E-state index contributed by atoms with van der Waals surface area (Å²) in [7, 11) is 0. The predicted octanol–water partition coefficient (Wildman–Crippen LogP) is 2.71. The van der Waals surface area contributed by atoms with Crippen LogP contribution in [0.25, 0.3) is 0 Å². The van der Waals surface area contributed by atoms with E-state index in [0.717, 1.165) is 18.3 Å². The van der Waals surface area contributed by atoms with Gasteiger partial charge in [-0.1, -0.05) is 18.9 Å². The molecule has 0 heterocycles. The van der Waals surface area contributed by atoms with E-state index in [4.69, 9.17) is 0 Å². The van der Waals surface area contributed by atoms with Crippen molar-refractivity contribution in [2.45, 2.75) is 38.5 Å². The van der Waals surface area contributed by atoms with Gasteiger partial charge in [0.05, 0.1) is 0 Å². The van der Waals surface area contributed by atoms with Crippen molar-refractivity contribution in [3.8, 4) is 0 Å². The smallest absolute Gasteiger partial charge is 0.156 e. The molecule has 0 aliphatic heterocycles. The third-order valence-electron chi connectivity index (χ3n) is 4.43. The fourth-order valence-electron chi connectivity index (χ4n) is 3.77. The normalized spacial score (nSPS) is 47.8. The number of rotatable bonds is 0. The molecule has 3 saturated carbocycles. The van der Waals surface area contributed by atoms with Crippen molar-refractivity contribution in [3.05, 3.63) is 12.2 Å². The Balaban J connectivity index is 1.92. The molecular formula is C12H16O. The molecule has 0 aromatic carbocycles. The largest absolute Gasteiger partial charge is 0.295 e. The summed E-state index contributed by atoms with van der Waals surface area (Å²) < 4.78 is 0. The highest BCUT2D eigenvalue weighted by Crippen LogP contribution is 2.56. The van der Waals surface area contributed by atoms with Crippen molar-refractivity contribution in [2.24, 2.45) is 17.3 Å². The van der Waals surface area contributed by atoms with E-state index in [1.165, 1.54) is 32.1 Å². The molecule has 1 heteroatoms. The molecule has 1 nitrogen and oxygen atoms in total. The lowest BCUT2D eigenvalue weighted by molar-refractivity contribution is -0.117. The van der Waals surface area contributed by atoms with E-state index in [1.807, 2.05) is 6.08 Å². The first-order chi connectivity index (χ1) is 6.28. The molecule has 0 aromatic rings. The number of fused-ring (bicyclic) bond motifs is 2. The second-order valence-electron chi connectivity index (χ2n) is 5.13. The number of hydrogen-bond acceptors (Lipinski definition) is 1. The van der Waals surface area contributed by atoms with Gasteiger partial charge in [0.2, 0.25) is 0 Å². The van der Waals surface area contributed by atoms with Crippen LogP contribution in [0.3, 0.4) is 0 Å². The number of ketones is 1. The standard InChI is InChI=1S/C12H16O/c13-11-5-6-12(8-11)7-9-1-3-10(12)4-2-9/h5-6,9-10H,1-4,7-8H2. The SMILES string of the molecule is O=C1C=CC2(C1)CC1CCC2CC1. The van der Waals surface area contributed by atoms with Gasteiger partial charge in [0.25, 0.3) is 0 Å². The first kappa shape index (κ1) is 7.78. The van der Waals surface area contributed by atoms with Gasteiger partial charge >= 0.3 is 0 Å². The van der Waals surface area contributed by atoms with E-state index in [9.17, 15) is 4.79 Å². The fraction of sp³-hybridized carbons (Fsp3) is 0.750. The minimum absolute atomic E-state index is 0.332. The highest BCUT2D eigenvalue weighted by molar-refractivity contribution is 5.93. The molecule has 0 N–H and O–H groups in total. The quantitative estimate of drug-likeness (QED) is 0.554. The molecule has 0 aromatic heterocycles. The zero-order chi connectivity index (χ0) is 8.89. The van der Waals surface area contributed by atoms with Crippen LogP contribution in [0.1, 0.15) is 38.5 Å². The molecule has 1 spiro atoms. The van der Waals surface area contributed by atoms with E-state index in [2.05, 4.69) is 6.08 Å². The monoisotopic (exact) mass is 176 g/mol. The Bertz CT molecular complexity index is 271. The van der Waals surface area contributed by atoms with Gasteiger partial charge in [-0.25, -0.2) is 0 Å². The maximum atomic E-state index is 11.3. The Morgan fingerprint density at radius 1 is 1.23 bits per heavy atom. The molecule has 3 fully saturated rings. The molecule has 0 radical (unpaired) electrons. The van der Waals surface area contributed by atoms with Gasteiger partial charge < -0.3 is 0 Å². The first-order valence-electron chi connectivity index (χ1n) is 5.51. The van der Waals surface area contributed by atoms with Crippen molar-refractivity contribution in [2.75, 3.05) is 0 Å². The number of hydrogen-bond donors (Lipinski definition) is 0. The Kier molecular flexibility index (Phi) is 1.47. The van der Waals surface area contributed by atoms with E-state index in [1.54, 1.807) is 0 Å². The van der Waals surface area contributed by atoms with E-state index >= 15 is 0 Å². The minimum Gasteiger partial charge on any atom is -0.295 e. The number of allylic oxidation sites excluding steroid dienone is 2. The highest BCUT2D eigenvalue weighted by atomic mass is 16.1. The summed E-state index contributed by atoms with van der Waals surface area (Å²) in [4.78, 5) is 11.3. The van der Waals surface area contributed by atoms with Crippen LogP contribution in [-0.2, 0) is 4.79 Å². The number of carbonyl (C=O) groups is 1. The third kappa shape index (κ3) is 1.02. The summed E-state index contributed by atoms with van der Waals surface area (Å²) in [5, 5.41) is 0. The van der Waals surface area contributed by atoms with Crippen molar-refractivity contribution in [1.82, 2.24) is 0 Å². The third-order valence-corrected chi connectivity index (χ3v) is 4.43. The second kappa shape index (κ2) is 2.46. The highest BCUT2D eigenvalue weighted by Gasteiger charge is 2.48. The maximum Gasteiger partial charge on any atom is 0.156 e. The minimum atomic E-state index is 0.332. The number of carbonyl (C=O) groups excluding carboxylic acids is 1. The first-order valence-corrected chi connectivity index (χ1v) is 5.51. The lowest BCUT2D eigenvalue weighted by atomic mass is 9.56. The molecule has 4 aliphatic carbocycles. The topological polar surface area (TPSA) is 17.1 Å². The molecule has 0 saturated heterocycles. The van der Waals surface area contributed by atoms with E-state index in [-0.39, 0.29) is 0 Å². The lowest BCUT2D eigenvalue weighted by Gasteiger charge is -2.49. The van der Waals surface area contributed by atoms with Crippen molar-refractivity contribution in [1.29, 1.82) is 0 Å². The van der Waals surface area contributed by atoms with Gasteiger partial charge in [-0.2, -0.15) is 0 Å². The summed E-state index contributed by atoms with van der Waals surface area (Å²) in [6, 6.07) is 0. The summed E-state index contributed by atoms with van der Waals surface area (Å²) in [5.74, 6) is 2.13. The summed E-state index contributed by atoms with van der Waals surface area (Å²) in [6.07, 6.45) is 11.8. The second-order valence-corrected chi connectivity index (χ2v) is 5.13. The van der Waals surface area contributed by atoms with Crippen LogP contribution in [0.2, 0.25) is 0 Å². The Morgan fingerprint density at radius 3 is 2.46 bits per heavy atom. The molecule has 1 atom stereocenters. The average molecular weight is 176 g/mol. The summed E-state index contributed by atoms with van der Waals surface area (Å²) in [6.45, 7) is 0. The van der Waals surface area contributed by atoms with E-state index < -0.39 is 0 Å². The van der Waals surface area contributed by atoms with E-state index in [0.29, 0.717) is 11.2 Å². The Labute approximate surface area is 79.2 Å². The van der Waals surface area contributed by atoms with Gasteiger partial charge in [0.15, 0.2) is 5.78 Å². The maximum absolute atomic E-state index is 11.3. The molecule has 1 unspecified atom stereocenters. The summed E-state index contributed by atoms with van der Waals surface area (Å²) in [5.41, 5.74) is 0.332. The van der Waals surface area contributed by atoms with Crippen LogP contribution < -0.4 is 0 Å². The van der Waals surface area contributed by atoms with Crippen LogP contribution in [0.5, 0.6) is 0 Å². The van der Waals surface area contributed by atoms with Crippen LogP contribution in [0.4, 0.5) is 0 Å². The molecule has 4 aliphatic rings. The van der Waals surface area contributed by atoms with Crippen molar-refractivity contribution in [3.63, 3.8) is 0 Å². The predicted molar refractivity (Wildman–Crippen MR) is 51.3 cm³/mol. The molecule has 70 valence electrons. The van der Waals surface area contributed by atoms with Gasteiger partial charge in [0.1, 0.15) is 0 Å². The van der Waals surface area contributed by atoms with Crippen LogP contribution in [0.15, 0.2) is 12.2 Å². The van der Waals surface area contributed by atoms with Crippen LogP contribution in [0, 0.1) is 17.3 Å². The average Bonchev–Trinajstić information content (AvgIpc) is 2.49. The van der Waals surface area contributed by atoms with Crippen LogP contribution >= 0.6 is 0 Å². The van der Waals surface area contributed by atoms with Gasteiger partial charge in [0, 0.05) is 6.42 Å². The van der Waals surface area contributed by atoms with Gasteiger partial charge in [-0.3, -0.25) is 4.79 Å². The zero-order valence-corrected chi connectivity index (χ0v) is 7.96. The molecule has 13 heavy (non-hydrogen) atoms. The van der Waals surface area contributed by atoms with Gasteiger partial charge in [-0.15, -0.1) is 0 Å².